The van der Waals surface area contributed by atoms with Crippen molar-refractivity contribution in [3.8, 4) is 0 Å². The summed E-state index contributed by atoms with van der Waals surface area (Å²) in [4.78, 5) is 10.6. The van der Waals surface area contributed by atoms with Crippen molar-refractivity contribution < 1.29 is 4.79 Å². The number of carbonyl (C=O) groups excluding carboxylic acids is 1. The van der Waals surface area contributed by atoms with Gasteiger partial charge in [0.1, 0.15) is 0 Å². The Morgan fingerprint density at radius 3 is 2.62 bits per heavy atom. The predicted octanol–water partition coefficient (Wildman–Crippen LogP) is 0.561. The molecule has 0 radical (unpaired) electrons. The molecule has 2 fully saturated rings. The van der Waals surface area contributed by atoms with E-state index in [0.717, 1.165) is 24.9 Å². The van der Waals surface area contributed by atoms with Gasteiger partial charge in [-0.1, -0.05) is 0 Å². The van der Waals surface area contributed by atoms with Crippen LogP contribution in [0.25, 0.3) is 0 Å². The van der Waals surface area contributed by atoms with Crippen molar-refractivity contribution in [3.05, 3.63) is 0 Å². The molecular formula is C8H16Cl2N2O. The van der Waals surface area contributed by atoms with Crippen LogP contribution in [0.2, 0.25) is 0 Å². The average Bonchev–Trinajstić information content (AvgIpc) is 2.26. The van der Waals surface area contributed by atoms with Gasteiger partial charge < -0.3 is 11.1 Å². The van der Waals surface area contributed by atoms with E-state index in [1.165, 1.54) is 6.42 Å². The standard InChI is InChI=1S/C8H14N2O.2ClH/c9-8(11)2-5-1-6-3-10-4-7(5)6;;/h5-7,10H,1-4H2,(H2,9,11);2*1H. The third-order valence-corrected chi connectivity index (χ3v) is 3.07. The van der Waals surface area contributed by atoms with E-state index in [1.807, 2.05) is 0 Å². The van der Waals surface area contributed by atoms with Gasteiger partial charge in [0.2, 0.25) is 5.91 Å². The largest absolute Gasteiger partial charge is 0.370 e. The van der Waals surface area contributed by atoms with Crippen molar-refractivity contribution in [1.29, 1.82) is 0 Å². The molecule has 1 aliphatic heterocycles. The zero-order valence-corrected chi connectivity index (χ0v) is 9.00. The van der Waals surface area contributed by atoms with Crippen molar-refractivity contribution in [3.63, 3.8) is 0 Å². The topological polar surface area (TPSA) is 55.1 Å². The number of fused-ring (bicyclic) bond motifs is 1. The number of hydrogen-bond acceptors (Lipinski definition) is 2. The van der Waals surface area contributed by atoms with Crippen molar-refractivity contribution in [2.75, 3.05) is 13.1 Å². The second kappa shape index (κ2) is 5.03. The second-order valence-corrected chi connectivity index (χ2v) is 3.75. The lowest BCUT2D eigenvalue weighted by atomic mass is 9.65. The van der Waals surface area contributed by atoms with Crippen LogP contribution in [0, 0.1) is 17.8 Å². The van der Waals surface area contributed by atoms with E-state index >= 15 is 0 Å². The highest BCUT2D eigenvalue weighted by Gasteiger charge is 2.43. The molecule has 13 heavy (non-hydrogen) atoms. The third kappa shape index (κ3) is 2.48. The van der Waals surface area contributed by atoms with Gasteiger partial charge in [0.05, 0.1) is 0 Å². The first-order valence-electron chi connectivity index (χ1n) is 4.26. The van der Waals surface area contributed by atoms with Gasteiger partial charge >= 0.3 is 0 Å². The number of primary amides is 1. The molecule has 1 aliphatic carbocycles. The third-order valence-electron chi connectivity index (χ3n) is 3.07. The van der Waals surface area contributed by atoms with Crippen LogP contribution in [-0.2, 0) is 4.79 Å². The summed E-state index contributed by atoms with van der Waals surface area (Å²) in [6, 6.07) is 0. The number of hydrogen-bond donors (Lipinski definition) is 2. The van der Waals surface area contributed by atoms with E-state index in [1.54, 1.807) is 0 Å². The summed E-state index contributed by atoms with van der Waals surface area (Å²) in [6.07, 6.45) is 1.81. The fourth-order valence-corrected chi connectivity index (χ4v) is 2.42. The minimum atomic E-state index is -0.139. The molecule has 1 saturated carbocycles. The first-order chi connectivity index (χ1) is 5.27. The molecule has 1 heterocycles. The number of nitrogens with two attached hydrogens (primary N) is 1. The summed E-state index contributed by atoms with van der Waals surface area (Å²) < 4.78 is 0. The van der Waals surface area contributed by atoms with E-state index in [-0.39, 0.29) is 30.7 Å². The van der Waals surface area contributed by atoms with Crippen LogP contribution in [-0.4, -0.2) is 19.0 Å². The van der Waals surface area contributed by atoms with Crippen molar-refractivity contribution in [2.24, 2.45) is 23.5 Å². The lowest BCUT2D eigenvalue weighted by Gasteiger charge is -2.38. The van der Waals surface area contributed by atoms with Crippen molar-refractivity contribution >= 4 is 30.7 Å². The second-order valence-electron chi connectivity index (χ2n) is 3.75. The van der Waals surface area contributed by atoms with Crippen LogP contribution in [0.1, 0.15) is 12.8 Å². The fraction of sp³-hybridized carbons (Fsp3) is 0.875. The summed E-state index contributed by atoms with van der Waals surface area (Å²) in [7, 11) is 0. The van der Waals surface area contributed by atoms with Crippen LogP contribution in [0.15, 0.2) is 0 Å². The Balaban J connectivity index is 0.000000720. The lowest BCUT2D eigenvalue weighted by molar-refractivity contribution is -0.120. The minimum absolute atomic E-state index is 0. The Morgan fingerprint density at radius 2 is 2.08 bits per heavy atom. The molecule has 0 bridgehead atoms. The molecule has 3 atom stereocenters. The molecule has 3 nitrogen and oxygen atoms in total. The van der Waals surface area contributed by atoms with Crippen LogP contribution in [0.4, 0.5) is 0 Å². The molecule has 1 saturated heterocycles. The zero-order chi connectivity index (χ0) is 7.84. The summed E-state index contributed by atoms with van der Waals surface area (Å²) >= 11 is 0. The quantitative estimate of drug-likeness (QED) is 0.724. The first kappa shape index (κ1) is 13.0. The average molecular weight is 227 g/mol. The normalized spacial score (nSPS) is 34.9. The fourth-order valence-electron chi connectivity index (χ4n) is 2.42. The van der Waals surface area contributed by atoms with Crippen LogP contribution in [0.3, 0.4) is 0 Å². The maximum atomic E-state index is 10.6. The maximum absolute atomic E-state index is 10.6. The molecule has 0 aromatic heterocycles. The molecule has 5 heteroatoms. The molecule has 1 amide bonds. The molecule has 3 N–H and O–H groups in total. The van der Waals surface area contributed by atoms with Gasteiger partial charge in [-0.15, -0.1) is 24.8 Å². The first-order valence-corrected chi connectivity index (χ1v) is 4.26. The Labute approximate surface area is 90.6 Å². The van der Waals surface area contributed by atoms with E-state index in [2.05, 4.69) is 5.32 Å². The number of amides is 1. The van der Waals surface area contributed by atoms with Gasteiger partial charge in [0.15, 0.2) is 0 Å². The Hall–Kier alpha value is 0.01000. The number of nitrogens with one attached hydrogen (secondary N) is 1. The van der Waals surface area contributed by atoms with Gasteiger partial charge in [0, 0.05) is 6.42 Å². The van der Waals surface area contributed by atoms with Crippen LogP contribution in [0.5, 0.6) is 0 Å². The molecule has 78 valence electrons. The highest BCUT2D eigenvalue weighted by molar-refractivity contribution is 5.85. The Morgan fingerprint density at radius 1 is 1.38 bits per heavy atom. The van der Waals surface area contributed by atoms with E-state index < -0.39 is 0 Å². The highest BCUT2D eigenvalue weighted by Crippen LogP contribution is 2.44. The maximum Gasteiger partial charge on any atom is 0.217 e. The van der Waals surface area contributed by atoms with Gasteiger partial charge in [0.25, 0.3) is 0 Å². The molecular weight excluding hydrogens is 211 g/mol. The molecule has 0 aromatic carbocycles. The van der Waals surface area contributed by atoms with E-state index in [4.69, 9.17) is 5.73 Å². The lowest BCUT2D eigenvalue weighted by Crippen LogP contribution is -2.38. The zero-order valence-electron chi connectivity index (χ0n) is 7.36. The van der Waals surface area contributed by atoms with E-state index in [0.29, 0.717) is 12.3 Å². The molecule has 0 aromatic rings. The highest BCUT2D eigenvalue weighted by atomic mass is 35.5. The van der Waals surface area contributed by atoms with Gasteiger partial charge in [-0.2, -0.15) is 0 Å². The van der Waals surface area contributed by atoms with E-state index in [9.17, 15) is 4.79 Å². The predicted molar refractivity (Wildman–Crippen MR) is 56.3 cm³/mol. The smallest absolute Gasteiger partial charge is 0.217 e. The molecule has 2 aliphatic rings. The van der Waals surface area contributed by atoms with Gasteiger partial charge in [-0.05, 0) is 37.3 Å². The van der Waals surface area contributed by atoms with Crippen LogP contribution >= 0.6 is 24.8 Å². The molecule has 0 spiro atoms. The Kier molecular flexibility index (Phi) is 5.04. The monoisotopic (exact) mass is 226 g/mol. The number of rotatable bonds is 2. The molecule has 2 rings (SSSR count). The number of halogens is 2. The summed E-state index contributed by atoms with van der Waals surface area (Å²) in [5.74, 6) is 2.05. The number of carbonyl (C=O) groups is 1. The summed E-state index contributed by atoms with van der Waals surface area (Å²) in [5, 5.41) is 3.34. The molecule has 3 unspecified atom stereocenters. The van der Waals surface area contributed by atoms with Gasteiger partial charge in [-0.25, -0.2) is 0 Å². The Bertz CT molecular complexity index is 189. The minimum Gasteiger partial charge on any atom is -0.370 e. The van der Waals surface area contributed by atoms with Gasteiger partial charge in [-0.3, -0.25) is 4.79 Å². The SMILES string of the molecule is Cl.Cl.NC(=O)CC1CC2CNCC21. The summed E-state index contributed by atoms with van der Waals surface area (Å²) in [5.41, 5.74) is 5.13. The summed E-state index contributed by atoms with van der Waals surface area (Å²) in [6.45, 7) is 2.25. The van der Waals surface area contributed by atoms with Crippen LogP contribution < -0.4 is 11.1 Å². The van der Waals surface area contributed by atoms with Crippen molar-refractivity contribution in [1.82, 2.24) is 5.32 Å². The van der Waals surface area contributed by atoms with Crippen molar-refractivity contribution in [2.45, 2.75) is 12.8 Å².